The molecule has 1 unspecified atom stereocenters. The minimum atomic E-state index is -0.426. The van der Waals surface area contributed by atoms with Crippen LogP contribution in [0.15, 0.2) is 36.7 Å². The first-order chi connectivity index (χ1) is 12.6. The molecule has 0 radical (unpaired) electrons. The summed E-state index contributed by atoms with van der Waals surface area (Å²) in [6.45, 7) is 7.19. The van der Waals surface area contributed by atoms with E-state index in [0.717, 1.165) is 11.2 Å². The zero-order valence-corrected chi connectivity index (χ0v) is 15.5. The van der Waals surface area contributed by atoms with Gasteiger partial charge in [-0.3, -0.25) is 0 Å². The van der Waals surface area contributed by atoms with Crippen molar-refractivity contribution in [1.82, 2.24) is 19.5 Å². The lowest BCUT2D eigenvalue weighted by Gasteiger charge is -2.13. The Hall–Kier alpha value is -2.67. The lowest BCUT2D eigenvalue weighted by atomic mass is 10.2. The van der Waals surface area contributed by atoms with Crippen LogP contribution in [0.5, 0.6) is 0 Å². The Bertz CT molecular complexity index is 846. The number of nitrogens with zero attached hydrogens (tertiary/aromatic N) is 4. The van der Waals surface area contributed by atoms with Gasteiger partial charge >= 0.3 is 0 Å². The minimum Gasteiger partial charge on any atom is -0.391 e. The second kappa shape index (κ2) is 8.14. The number of hydrogen-bond acceptors (Lipinski definition) is 6. The standard InChI is InChI=1S/C19H26N6O/c1-4-15(26)11-21-19-23-17(20-10-14-8-6-5-7-9-14)16-18(24-19)25(12-22-16)13(2)3/h5-9,12-13,15,26H,4,10-11H2,1-3H3,(H2,20,21,23,24). The zero-order valence-electron chi connectivity index (χ0n) is 15.5. The Kier molecular flexibility index (Phi) is 5.68. The lowest BCUT2D eigenvalue weighted by molar-refractivity contribution is 0.183. The first-order valence-electron chi connectivity index (χ1n) is 9.02. The first-order valence-corrected chi connectivity index (χ1v) is 9.02. The maximum absolute atomic E-state index is 9.81. The van der Waals surface area contributed by atoms with Crippen LogP contribution in [0.3, 0.4) is 0 Å². The molecule has 1 aromatic carbocycles. The molecule has 3 aromatic rings. The van der Waals surface area contributed by atoms with Crippen LogP contribution in [-0.2, 0) is 6.54 Å². The van der Waals surface area contributed by atoms with Crippen molar-refractivity contribution >= 4 is 22.9 Å². The fraction of sp³-hybridized carbons (Fsp3) is 0.421. The van der Waals surface area contributed by atoms with Crippen molar-refractivity contribution in [2.75, 3.05) is 17.2 Å². The molecule has 0 aliphatic heterocycles. The topological polar surface area (TPSA) is 87.9 Å². The number of nitrogens with one attached hydrogen (secondary N) is 2. The number of imidazole rings is 1. The second-order valence-corrected chi connectivity index (χ2v) is 6.60. The maximum atomic E-state index is 9.81. The fourth-order valence-corrected chi connectivity index (χ4v) is 2.63. The molecule has 0 aliphatic rings. The average Bonchev–Trinajstić information content (AvgIpc) is 3.09. The Morgan fingerprint density at radius 2 is 1.88 bits per heavy atom. The van der Waals surface area contributed by atoms with Gasteiger partial charge in [-0.05, 0) is 25.8 Å². The van der Waals surface area contributed by atoms with Gasteiger partial charge in [0.15, 0.2) is 17.0 Å². The molecule has 0 aliphatic carbocycles. The largest absolute Gasteiger partial charge is 0.391 e. The van der Waals surface area contributed by atoms with Crippen molar-refractivity contribution in [2.45, 2.75) is 45.9 Å². The molecular weight excluding hydrogens is 328 g/mol. The SMILES string of the molecule is CCC(O)CNc1nc(NCc2ccccc2)c2ncn(C(C)C)c2n1. The predicted octanol–water partition coefficient (Wildman–Crippen LogP) is 3.20. The van der Waals surface area contributed by atoms with Gasteiger partial charge in [0, 0.05) is 19.1 Å². The number of fused-ring (bicyclic) bond motifs is 1. The van der Waals surface area contributed by atoms with Crippen molar-refractivity contribution in [1.29, 1.82) is 0 Å². The number of aliphatic hydroxyl groups excluding tert-OH is 1. The summed E-state index contributed by atoms with van der Waals surface area (Å²) in [5.41, 5.74) is 2.69. The third-order valence-corrected chi connectivity index (χ3v) is 4.25. The molecule has 3 rings (SSSR count). The summed E-state index contributed by atoms with van der Waals surface area (Å²) < 4.78 is 2.02. The highest BCUT2D eigenvalue weighted by Crippen LogP contribution is 2.23. The van der Waals surface area contributed by atoms with Gasteiger partial charge in [-0.15, -0.1) is 0 Å². The van der Waals surface area contributed by atoms with Crippen molar-refractivity contribution < 1.29 is 5.11 Å². The first kappa shape index (κ1) is 18.1. The Balaban J connectivity index is 1.91. The lowest BCUT2D eigenvalue weighted by Crippen LogP contribution is -2.20. The van der Waals surface area contributed by atoms with Gasteiger partial charge in [0.25, 0.3) is 0 Å². The van der Waals surface area contributed by atoms with Gasteiger partial charge in [0.2, 0.25) is 5.95 Å². The highest BCUT2D eigenvalue weighted by molar-refractivity contribution is 5.84. The monoisotopic (exact) mass is 354 g/mol. The number of anilines is 2. The molecule has 138 valence electrons. The quantitative estimate of drug-likeness (QED) is 0.576. The second-order valence-electron chi connectivity index (χ2n) is 6.60. The van der Waals surface area contributed by atoms with E-state index in [2.05, 4.69) is 51.6 Å². The van der Waals surface area contributed by atoms with Gasteiger partial charge in [-0.1, -0.05) is 37.3 Å². The molecule has 0 saturated heterocycles. The molecule has 2 heterocycles. The van der Waals surface area contributed by atoms with Gasteiger partial charge in [0.1, 0.15) is 0 Å². The van der Waals surface area contributed by atoms with E-state index in [1.54, 1.807) is 6.33 Å². The van der Waals surface area contributed by atoms with Gasteiger partial charge in [0.05, 0.1) is 12.4 Å². The molecule has 0 saturated carbocycles. The van der Waals surface area contributed by atoms with Crippen LogP contribution in [0, 0.1) is 0 Å². The zero-order chi connectivity index (χ0) is 18.5. The predicted molar refractivity (Wildman–Crippen MR) is 104 cm³/mol. The summed E-state index contributed by atoms with van der Waals surface area (Å²) in [6, 6.07) is 10.4. The highest BCUT2D eigenvalue weighted by atomic mass is 16.3. The van der Waals surface area contributed by atoms with Crippen molar-refractivity contribution in [3.63, 3.8) is 0 Å². The van der Waals surface area contributed by atoms with Crippen LogP contribution in [0.1, 0.15) is 38.8 Å². The summed E-state index contributed by atoms with van der Waals surface area (Å²) in [5.74, 6) is 1.18. The molecule has 0 fully saturated rings. The molecular formula is C19H26N6O. The Morgan fingerprint density at radius 3 is 2.58 bits per heavy atom. The van der Waals surface area contributed by atoms with E-state index in [1.807, 2.05) is 29.7 Å². The number of hydrogen-bond donors (Lipinski definition) is 3. The summed E-state index contributed by atoms with van der Waals surface area (Å²) in [4.78, 5) is 13.7. The fourth-order valence-electron chi connectivity index (χ4n) is 2.63. The summed E-state index contributed by atoms with van der Waals surface area (Å²) in [5, 5.41) is 16.3. The van der Waals surface area contributed by atoms with E-state index in [9.17, 15) is 5.11 Å². The van der Waals surface area contributed by atoms with Crippen molar-refractivity contribution in [3.05, 3.63) is 42.2 Å². The molecule has 3 N–H and O–H groups in total. The van der Waals surface area contributed by atoms with Crippen molar-refractivity contribution in [2.24, 2.45) is 0 Å². The smallest absolute Gasteiger partial charge is 0.226 e. The average molecular weight is 354 g/mol. The highest BCUT2D eigenvalue weighted by Gasteiger charge is 2.15. The molecule has 7 nitrogen and oxygen atoms in total. The van der Waals surface area contributed by atoms with E-state index in [-0.39, 0.29) is 6.04 Å². The minimum absolute atomic E-state index is 0.242. The maximum Gasteiger partial charge on any atom is 0.226 e. The normalized spacial score (nSPS) is 12.5. The van der Waals surface area contributed by atoms with Crippen LogP contribution in [0.25, 0.3) is 11.2 Å². The van der Waals surface area contributed by atoms with Crippen LogP contribution in [0.4, 0.5) is 11.8 Å². The molecule has 1 atom stereocenters. The third kappa shape index (κ3) is 4.11. The number of aromatic nitrogens is 4. The summed E-state index contributed by atoms with van der Waals surface area (Å²) in [6.07, 6.45) is 2.05. The van der Waals surface area contributed by atoms with E-state index >= 15 is 0 Å². The Morgan fingerprint density at radius 1 is 1.12 bits per heavy atom. The summed E-state index contributed by atoms with van der Waals surface area (Å²) >= 11 is 0. The molecule has 26 heavy (non-hydrogen) atoms. The third-order valence-electron chi connectivity index (χ3n) is 4.25. The molecule has 0 spiro atoms. The molecule has 0 bridgehead atoms. The van der Waals surface area contributed by atoms with E-state index in [1.165, 1.54) is 5.56 Å². The molecule has 0 amide bonds. The van der Waals surface area contributed by atoms with Crippen LogP contribution in [-0.4, -0.2) is 37.3 Å². The van der Waals surface area contributed by atoms with Gasteiger partial charge < -0.3 is 20.3 Å². The van der Waals surface area contributed by atoms with E-state index in [4.69, 9.17) is 0 Å². The van der Waals surface area contributed by atoms with Crippen LogP contribution >= 0.6 is 0 Å². The van der Waals surface area contributed by atoms with E-state index < -0.39 is 6.10 Å². The van der Waals surface area contributed by atoms with E-state index in [0.29, 0.717) is 31.3 Å². The molecule has 2 aromatic heterocycles. The molecule has 7 heteroatoms. The number of aliphatic hydroxyl groups is 1. The van der Waals surface area contributed by atoms with Gasteiger partial charge in [-0.2, -0.15) is 9.97 Å². The Labute approximate surface area is 153 Å². The number of rotatable bonds is 8. The summed E-state index contributed by atoms with van der Waals surface area (Å²) in [7, 11) is 0. The van der Waals surface area contributed by atoms with Crippen LogP contribution < -0.4 is 10.6 Å². The van der Waals surface area contributed by atoms with Crippen LogP contribution in [0.2, 0.25) is 0 Å². The number of benzene rings is 1. The van der Waals surface area contributed by atoms with Crippen molar-refractivity contribution in [3.8, 4) is 0 Å². The van der Waals surface area contributed by atoms with Gasteiger partial charge in [-0.25, -0.2) is 4.98 Å².